The van der Waals surface area contributed by atoms with E-state index in [9.17, 15) is 9.59 Å². The van der Waals surface area contributed by atoms with Gasteiger partial charge in [-0.15, -0.1) is 0 Å². The van der Waals surface area contributed by atoms with E-state index in [1.54, 1.807) is 12.1 Å². The molecule has 2 aromatic carbocycles. The molecule has 0 bridgehead atoms. The van der Waals surface area contributed by atoms with Crippen molar-refractivity contribution in [2.24, 2.45) is 0 Å². The zero-order chi connectivity index (χ0) is 13.7. The van der Waals surface area contributed by atoms with E-state index in [1.807, 2.05) is 48.5 Å². The quantitative estimate of drug-likeness (QED) is 0.614. The molecule has 0 amide bonds. The van der Waals surface area contributed by atoms with E-state index in [0.29, 0.717) is 11.1 Å². The van der Waals surface area contributed by atoms with Crippen molar-refractivity contribution in [2.45, 2.75) is 6.92 Å². The minimum absolute atomic E-state index is 0.136. The highest BCUT2D eigenvalue weighted by Gasteiger charge is 2.14. The summed E-state index contributed by atoms with van der Waals surface area (Å²) >= 11 is 0. The van der Waals surface area contributed by atoms with Gasteiger partial charge in [-0.3, -0.25) is 9.59 Å². The molecule has 0 N–H and O–H groups in total. The van der Waals surface area contributed by atoms with Crippen molar-refractivity contribution in [1.82, 2.24) is 0 Å². The average Bonchev–Trinajstić information content (AvgIpc) is 2.46. The smallest absolute Gasteiger partial charge is 0.193 e. The van der Waals surface area contributed by atoms with Gasteiger partial charge in [-0.05, 0) is 18.6 Å². The number of rotatable bonds is 4. The standard InChI is InChI=1S/C17H14O2/c1-13(18)12-16(14-8-4-2-5-9-14)17(19)15-10-6-3-7-11-15/h2-12H,1H3/b16-12+. The second-order valence-electron chi connectivity index (χ2n) is 4.23. The number of carbonyl (C=O) groups excluding carboxylic acids is 2. The molecule has 0 heterocycles. The maximum Gasteiger partial charge on any atom is 0.193 e. The Hall–Kier alpha value is -2.48. The topological polar surface area (TPSA) is 34.1 Å². The Kier molecular flexibility index (Phi) is 4.04. The molecule has 0 fully saturated rings. The normalized spacial score (nSPS) is 11.1. The van der Waals surface area contributed by atoms with Gasteiger partial charge in [0, 0.05) is 11.1 Å². The summed E-state index contributed by atoms with van der Waals surface area (Å²) in [6.07, 6.45) is 1.39. The van der Waals surface area contributed by atoms with Crippen molar-refractivity contribution < 1.29 is 9.59 Å². The molecule has 0 aliphatic carbocycles. The number of benzene rings is 2. The van der Waals surface area contributed by atoms with Crippen LogP contribution in [0.4, 0.5) is 0 Å². The molecule has 2 rings (SSSR count). The molecule has 94 valence electrons. The van der Waals surface area contributed by atoms with Crippen LogP contribution in [0.2, 0.25) is 0 Å². The molecule has 0 spiro atoms. The molecular formula is C17H14O2. The zero-order valence-corrected chi connectivity index (χ0v) is 10.7. The summed E-state index contributed by atoms with van der Waals surface area (Å²) in [6.45, 7) is 1.45. The molecule has 19 heavy (non-hydrogen) atoms. The van der Waals surface area contributed by atoms with Crippen LogP contribution in [0.5, 0.6) is 0 Å². The molecule has 2 heteroatoms. The maximum atomic E-state index is 12.5. The van der Waals surface area contributed by atoms with Crippen molar-refractivity contribution in [3.05, 3.63) is 77.9 Å². The number of hydrogen-bond donors (Lipinski definition) is 0. The number of Topliss-reactive ketones (excluding diaryl/α,β-unsaturated/α-hetero) is 1. The molecule has 0 radical (unpaired) electrons. The van der Waals surface area contributed by atoms with E-state index < -0.39 is 0 Å². The lowest BCUT2D eigenvalue weighted by Gasteiger charge is -2.06. The van der Waals surface area contributed by atoms with Gasteiger partial charge in [0.25, 0.3) is 0 Å². The lowest BCUT2D eigenvalue weighted by atomic mass is 9.96. The van der Waals surface area contributed by atoms with Crippen LogP contribution in [-0.2, 0) is 4.79 Å². The third-order valence-corrected chi connectivity index (χ3v) is 2.71. The number of ketones is 2. The van der Waals surface area contributed by atoms with Gasteiger partial charge in [0.1, 0.15) is 0 Å². The van der Waals surface area contributed by atoms with Crippen molar-refractivity contribution in [3.8, 4) is 0 Å². The monoisotopic (exact) mass is 250 g/mol. The molecule has 0 saturated carbocycles. The van der Waals surface area contributed by atoms with Crippen LogP contribution >= 0.6 is 0 Å². The highest BCUT2D eigenvalue weighted by Crippen LogP contribution is 2.19. The molecule has 0 aliphatic heterocycles. The van der Waals surface area contributed by atoms with Gasteiger partial charge in [-0.25, -0.2) is 0 Å². The molecular weight excluding hydrogens is 236 g/mol. The van der Waals surface area contributed by atoms with Crippen LogP contribution < -0.4 is 0 Å². The molecule has 0 atom stereocenters. The maximum absolute atomic E-state index is 12.5. The van der Waals surface area contributed by atoms with E-state index in [4.69, 9.17) is 0 Å². The molecule has 0 aromatic heterocycles. The Bertz CT molecular complexity index is 610. The zero-order valence-electron chi connectivity index (χ0n) is 10.7. The van der Waals surface area contributed by atoms with Crippen molar-refractivity contribution in [1.29, 1.82) is 0 Å². The highest BCUT2D eigenvalue weighted by atomic mass is 16.1. The Morgan fingerprint density at radius 2 is 1.26 bits per heavy atom. The minimum Gasteiger partial charge on any atom is -0.295 e. The Balaban J connectivity index is 2.46. The minimum atomic E-state index is -0.137. The Morgan fingerprint density at radius 1 is 0.789 bits per heavy atom. The van der Waals surface area contributed by atoms with Crippen LogP contribution in [0, 0.1) is 0 Å². The fraction of sp³-hybridized carbons (Fsp3) is 0.0588. The van der Waals surface area contributed by atoms with Gasteiger partial charge in [0.2, 0.25) is 0 Å². The van der Waals surface area contributed by atoms with Gasteiger partial charge < -0.3 is 0 Å². The van der Waals surface area contributed by atoms with Crippen LogP contribution in [0.25, 0.3) is 5.57 Å². The molecule has 0 aliphatic rings. The summed E-state index contributed by atoms with van der Waals surface area (Å²) in [7, 11) is 0. The van der Waals surface area contributed by atoms with Crippen LogP contribution in [-0.4, -0.2) is 11.6 Å². The van der Waals surface area contributed by atoms with E-state index in [0.717, 1.165) is 5.56 Å². The summed E-state index contributed by atoms with van der Waals surface area (Å²) in [4.78, 5) is 23.8. The SMILES string of the molecule is CC(=O)/C=C(/C(=O)c1ccccc1)c1ccccc1. The third kappa shape index (κ3) is 3.26. The first-order valence-corrected chi connectivity index (χ1v) is 6.06. The van der Waals surface area contributed by atoms with E-state index in [-0.39, 0.29) is 11.6 Å². The first kappa shape index (κ1) is 13.0. The van der Waals surface area contributed by atoms with E-state index >= 15 is 0 Å². The summed E-state index contributed by atoms with van der Waals surface area (Å²) in [5.74, 6) is -0.273. The van der Waals surface area contributed by atoms with Gasteiger partial charge in [-0.1, -0.05) is 60.7 Å². The number of hydrogen-bond acceptors (Lipinski definition) is 2. The lowest BCUT2D eigenvalue weighted by Crippen LogP contribution is -2.04. The fourth-order valence-corrected chi connectivity index (χ4v) is 1.85. The first-order valence-electron chi connectivity index (χ1n) is 6.06. The number of carbonyl (C=O) groups is 2. The van der Waals surface area contributed by atoms with Crippen molar-refractivity contribution >= 4 is 17.1 Å². The van der Waals surface area contributed by atoms with Crippen molar-refractivity contribution in [3.63, 3.8) is 0 Å². The second kappa shape index (κ2) is 5.91. The third-order valence-electron chi connectivity index (χ3n) is 2.71. The largest absolute Gasteiger partial charge is 0.295 e. The van der Waals surface area contributed by atoms with Gasteiger partial charge in [-0.2, -0.15) is 0 Å². The number of allylic oxidation sites excluding steroid dienone is 2. The average molecular weight is 250 g/mol. The fourth-order valence-electron chi connectivity index (χ4n) is 1.85. The van der Waals surface area contributed by atoms with Gasteiger partial charge >= 0.3 is 0 Å². The predicted octanol–water partition coefficient (Wildman–Crippen LogP) is 3.54. The molecule has 2 aromatic rings. The Morgan fingerprint density at radius 3 is 1.74 bits per heavy atom. The molecule has 2 nitrogen and oxygen atoms in total. The van der Waals surface area contributed by atoms with Crippen molar-refractivity contribution in [2.75, 3.05) is 0 Å². The highest BCUT2D eigenvalue weighted by molar-refractivity contribution is 6.31. The van der Waals surface area contributed by atoms with Crippen LogP contribution in [0.1, 0.15) is 22.8 Å². The van der Waals surface area contributed by atoms with E-state index in [2.05, 4.69) is 0 Å². The van der Waals surface area contributed by atoms with E-state index in [1.165, 1.54) is 13.0 Å². The van der Waals surface area contributed by atoms with Gasteiger partial charge in [0.05, 0.1) is 0 Å². The summed E-state index contributed by atoms with van der Waals surface area (Å²) in [5.41, 5.74) is 1.77. The molecule has 0 saturated heterocycles. The second-order valence-corrected chi connectivity index (χ2v) is 4.23. The first-order chi connectivity index (χ1) is 9.18. The summed E-state index contributed by atoms with van der Waals surface area (Å²) in [6, 6.07) is 18.2. The van der Waals surface area contributed by atoms with Crippen LogP contribution in [0.3, 0.4) is 0 Å². The van der Waals surface area contributed by atoms with Crippen LogP contribution in [0.15, 0.2) is 66.7 Å². The predicted molar refractivity (Wildman–Crippen MR) is 75.9 cm³/mol. The lowest BCUT2D eigenvalue weighted by molar-refractivity contribution is -0.112. The summed E-state index contributed by atoms with van der Waals surface area (Å²) < 4.78 is 0. The van der Waals surface area contributed by atoms with Gasteiger partial charge in [0.15, 0.2) is 11.6 Å². The Labute approximate surface area is 112 Å². The molecule has 0 unspecified atom stereocenters. The summed E-state index contributed by atoms with van der Waals surface area (Å²) in [5, 5.41) is 0.